The molecule has 3 heterocycles. The Morgan fingerprint density at radius 2 is 2.22 bits per heavy atom. The van der Waals surface area contributed by atoms with Gasteiger partial charge in [-0.1, -0.05) is 0 Å². The maximum Gasteiger partial charge on any atom is 0.230 e. The van der Waals surface area contributed by atoms with Gasteiger partial charge >= 0.3 is 0 Å². The zero-order chi connectivity index (χ0) is 16.0. The molecule has 0 saturated carbocycles. The molecule has 5 heteroatoms. The molecule has 122 valence electrons. The molecule has 3 aliphatic heterocycles. The summed E-state index contributed by atoms with van der Waals surface area (Å²) in [6.45, 7) is 2.66. The summed E-state index contributed by atoms with van der Waals surface area (Å²) in [4.78, 5) is 26.2. The molecule has 0 radical (unpaired) electrons. The van der Waals surface area contributed by atoms with Crippen LogP contribution in [-0.4, -0.2) is 30.6 Å². The van der Waals surface area contributed by atoms with E-state index in [2.05, 4.69) is 5.32 Å². The highest BCUT2D eigenvalue weighted by Crippen LogP contribution is 2.39. The van der Waals surface area contributed by atoms with Gasteiger partial charge in [0.1, 0.15) is 0 Å². The Balaban J connectivity index is 1.50. The second-order valence-corrected chi connectivity index (χ2v) is 6.69. The van der Waals surface area contributed by atoms with Gasteiger partial charge in [0, 0.05) is 24.3 Å². The van der Waals surface area contributed by atoms with Gasteiger partial charge in [-0.2, -0.15) is 0 Å². The number of fused-ring (bicyclic) bond motifs is 3. The lowest BCUT2D eigenvalue weighted by Crippen LogP contribution is -2.35. The molecule has 2 saturated heterocycles. The quantitative estimate of drug-likeness (QED) is 0.932. The molecule has 0 spiro atoms. The minimum Gasteiger partial charge on any atom is -0.374 e. The predicted molar refractivity (Wildman–Crippen MR) is 87.4 cm³/mol. The Labute approximate surface area is 136 Å². The number of hydrogen-bond donors (Lipinski definition) is 1. The first-order valence-corrected chi connectivity index (χ1v) is 8.55. The molecular weight excluding hydrogens is 292 g/mol. The van der Waals surface area contributed by atoms with E-state index >= 15 is 0 Å². The van der Waals surface area contributed by atoms with Crippen LogP contribution in [0.3, 0.4) is 0 Å². The standard InChI is InChI=1S/C18H22N2O3/c1-2-20-15-6-4-12(9-11(15)3-8-17(20)21)19-18(22)14-10-13-5-7-16(14)23-13/h4,6,9,13-14,16H,2-3,5,7-8,10H2,1H3,(H,19,22)/t13-,14-,16+/m1/s1. The van der Waals surface area contributed by atoms with Crippen LogP contribution in [0.4, 0.5) is 11.4 Å². The van der Waals surface area contributed by atoms with E-state index in [1.54, 1.807) is 0 Å². The van der Waals surface area contributed by atoms with Crippen LogP contribution in [0.5, 0.6) is 0 Å². The summed E-state index contributed by atoms with van der Waals surface area (Å²) in [5.41, 5.74) is 2.93. The Kier molecular flexibility index (Phi) is 3.60. The molecule has 1 aromatic carbocycles. The third-order valence-electron chi connectivity index (χ3n) is 5.31. The zero-order valence-corrected chi connectivity index (χ0v) is 13.4. The Bertz CT molecular complexity index is 658. The first-order chi connectivity index (χ1) is 11.2. The molecule has 0 aliphatic carbocycles. The van der Waals surface area contributed by atoms with Gasteiger partial charge in [-0.25, -0.2) is 0 Å². The minimum absolute atomic E-state index is 0.0153. The van der Waals surface area contributed by atoms with E-state index in [-0.39, 0.29) is 29.9 Å². The fraction of sp³-hybridized carbons (Fsp3) is 0.556. The molecule has 2 amide bonds. The Hall–Kier alpha value is -1.88. The lowest BCUT2D eigenvalue weighted by atomic mass is 9.88. The van der Waals surface area contributed by atoms with Crippen LogP contribution in [0.15, 0.2) is 18.2 Å². The average Bonchev–Trinajstić information content (AvgIpc) is 3.18. The number of nitrogens with zero attached hydrogens (tertiary/aromatic N) is 1. The van der Waals surface area contributed by atoms with Crippen LogP contribution < -0.4 is 10.2 Å². The van der Waals surface area contributed by atoms with Crippen LogP contribution in [0.25, 0.3) is 0 Å². The molecule has 1 aromatic rings. The van der Waals surface area contributed by atoms with Crippen molar-refractivity contribution in [2.75, 3.05) is 16.8 Å². The number of aryl methyl sites for hydroxylation is 1. The lowest BCUT2D eigenvalue weighted by Gasteiger charge is -2.29. The molecule has 4 rings (SSSR count). The smallest absolute Gasteiger partial charge is 0.230 e. The van der Waals surface area contributed by atoms with Crippen LogP contribution in [0.1, 0.15) is 38.2 Å². The van der Waals surface area contributed by atoms with Crippen LogP contribution in [0.2, 0.25) is 0 Å². The van der Waals surface area contributed by atoms with E-state index < -0.39 is 0 Å². The molecule has 0 unspecified atom stereocenters. The largest absolute Gasteiger partial charge is 0.374 e. The molecule has 0 aromatic heterocycles. The third kappa shape index (κ3) is 2.53. The maximum atomic E-state index is 12.5. The number of carbonyl (C=O) groups excluding carboxylic acids is 2. The highest BCUT2D eigenvalue weighted by molar-refractivity contribution is 5.98. The van der Waals surface area contributed by atoms with Crippen LogP contribution in [-0.2, 0) is 20.7 Å². The van der Waals surface area contributed by atoms with E-state index in [1.165, 1.54) is 0 Å². The molecular formula is C18H22N2O3. The van der Waals surface area contributed by atoms with Crippen molar-refractivity contribution in [3.05, 3.63) is 23.8 Å². The van der Waals surface area contributed by atoms with Gasteiger partial charge in [0.2, 0.25) is 11.8 Å². The minimum atomic E-state index is -0.0153. The van der Waals surface area contributed by atoms with Crippen molar-refractivity contribution in [2.45, 2.75) is 51.2 Å². The highest BCUT2D eigenvalue weighted by Gasteiger charge is 2.44. The normalized spacial score (nSPS) is 28.8. The van der Waals surface area contributed by atoms with Crippen LogP contribution >= 0.6 is 0 Å². The summed E-state index contributed by atoms with van der Waals surface area (Å²) in [5, 5.41) is 3.04. The SMILES string of the molecule is CCN1C(=O)CCc2cc(NC(=O)[C@@H]3C[C@H]4CC[C@@H]3O4)ccc21. The fourth-order valence-electron chi connectivity index (χ4n) is 4.13. The van der Waals surface area contributed by atoms with E-state index in [0.717, 1.165) is 42.6 Å². The van der Waals surface area contributed by atoms with Gasteiger partial charge in [-0.15, -0.1) is 0 Å². The number of amides is 2. The first kappa shape index (κ1) is 14.7. The van der Waals surface area contributed by atoms with Crippen molar-refractivity contribution in [1.82, 2.24) is 0 Å². The summed E-state index contributed by atoms with van der Waals surface area (Å²) >= 11 is 0. The molecule has 2 bridgehead atoms. The summed E-state index contributed by atoms with van der Waals surface area (Å²) in [5.74, 6) is 0.228. The van der Waals surface area contributed by atoms with Crippen molar-refractivity contribution >= 4 is 23.2 Å². The molecule has 23 heavy (non-hydrogen) atoms. The van der Waals surface area contributed by atoms with E-state index in [0.29, 0.717) is 13.0 Å². The van der Waals surface area contributed by atoms with Gasteiger partial charge in [0.05, 0.1) is 18.1 Å². The number of carbonyl (C=O) groups is 2. The van der Waals surface area contributed by atoms with Gasteiger partial charge in [-0.3, -0.25) is 9.59 Å². The number of nitrogens with one attached hydrogen (secondary N) is 1. The summed E-state index contributed by atoms with van der Waals surface area (Å²) in [6, 6.07) is 5.85. The lowest BCUT2D eigenvalue weighted by molar-refractivity contribution is -0.121. The summed E-state index contributed by atoms with van der Waals surface area (Å²) < 4.78 is 5.77. The maximum absolute atomic E-state index is 12.5. The van der Waals surface area contributed by atoms with Gasteiger partial charge in [0.15, 0.2) is 0 Å². The number of rotatable bonds is 3. The van der Waals surface area contributed by atoms with Gasteiger partial charge < -0.3 is 15.0 Å². The number of anilines is 2. The Morgan fingerprint density at radius 3 is 2.91 bits per heavy atom. The zero-order valence-electron chi connectivity index (χ0n) is 13.4. The third-order valence-corrected chi connectivity index (χ3v) is 5.31. The first-order valence-electron chi connectivity index (χ1n) is 8.55. The molecule has 2 fully saturated rings. The summed E-state index contributed by atoms with van der Waals surface area (Å²) in [7, 11) is 0. The van der Waals surface area contributed by atoms with E-state index in [4.69, 9.17) is 4.74 Å². The number of ether oxygens (including phenoxy) is 1. The average molecular weight is 314 g/mol. The fourth-order valence-corrected chi connectivity index (χ4v) is 4.13. The number of hydrogen-bond acceptors (Lipinski definition) is 3. The molecule has 3 aliphatic rings. The van der Waals surface area contributed by atoms with Crippen molar-refractivity contribution < 1.29 is 14.3 Å². The number of benzene rings is 1. The van der Waals surface area contributed by atoms with Crippen LogP contribution in [0, 0.1) is 5.92 Å². The van der Waals surface area contributed by atoms with E-state index in [9.17, 15) is 9.59 Å². The van der Waals surface area contributed by atoms with Crippen molar-refractivity contribution in [2.24, 2.45) is 5.92 Å². The van der Waals surface area contributed by atoms with Crippen molar-refractivity contribution in [3.63, 3.8) is 0 Å². The van der Waals surface area contributed by atoms with Crippen molar-refractivity contribution in [3.8, 4) is 0 Å². The van der Waals surface area contributed by atoms with E-state index in [1.807, 2.05) is 30.0 Å². The summed E-state index contributed by atoms with van der Waals surface area (Å²) in [6.07, 6.45) is 4.60. The topological polar surface area (TPSA) is 58.6 Å². The highest BCUT2D eigenvalue weighted by atomic mass is 16.5. The van der Waals surface area contributed by atoms with Gasteiger partial charge in [-0.05, 0) is 56.4 Å². The predicted octanol–water partition coefficient (Wildman–Crippen LogP) is 2.49. The molecule has 5 nitrogen and oxygen atoms in total. The second-order valence-electron chi connectivity index (χ2n) is 6.69. The molecule has 3 atom stereocenters. The van der Waals surface area contributed by atoms with Crippen molar-refractivity contribution in [1.29, 1.82) is 0 Å². The second kappa shape index (κ2) is 5.64. The van der Waals surface area contributed by atoms with Gasteiger partial charge in [0.25, 0.3) is 0 Å². The Morgan fingerprint density at radius 1 is 1.35 bits per heavy atom. The monoisotopic (exact) mass is 314 g/mol. The molecule has 1 N–H and O–H groups in total.